The Morgan fingerprint density at radius 1 is 0.788 bits per heavy atom. The average Bonchev–Trinajstić information content (AvgIpc) is 2.80. The van der Waals surface area contributed by atoms with Crippen molar-refractivity contribution in [2.75, 3.05) is 13.2 Å². The fraction of sp³-hybridized carbons (Fsp3) is 0.524. The Hall–Kier alpha value is -2.26. The zero-order valence-corrected chi connectivity index (χ0v) is 17.2. The molecule has 2 aliphatic rings. The first-order valence-electron chi connectivity index (χ1n) is 10.3. The SMILES string of the molecule is Oc1ccc(OC2OC(COC3OCC(O)C(O)C3O)C(O)C(O)C2O)c2c(O)cccc12. The van der Waals surface area contributed by atoms with Gasteiger partial charge in [-0.15, -0.1) is 0 Å². The zero-order valence-electron chi connectivity index (χ0n) is 17.2. The lowest BCUT2D eigenvalue weighted by Crippen LogP contribution is -2.61. The van der Waals surface area contributed by atoms with E-state index in [1.807, 2.05) is 0 Å². The van der Waals surface area contributed by atoms with Crippen molar-refractivity contribution in [3.8, 4) is 17.2 Å². The van der Waals surface area contributed by atoms with E-state index in [-0.39, 0.29) is 34.6 Å². The number of aromatic hydroxyl groups is 2. The molecule has 9 unspecified atom stereocenters. The monoisotopic (exact) mass is 470 g/mol. The van der Waals surface area contributed by atoms with E-state index < -0.39 is 61.9 Å². The van der Waals surface area contributed by atoms with E-state index in [1.165, 1.54) is 24.3 Å². The number of rotatable bonds is 5. The third-order valence-corrected chi connectivity index (χ3v) is 5.75. The molecular weight excluding hydrogens is 444 g/mol. The van der Waals surface area contributed by atoms with Crippen LogP contribution in [0.1, 0.15) is 0 Å². The van der Waals surface area contributed by atoms with Gasteiger partial charge in [-0.05, 0) is 18.2 Å². The minimum Gasteiger partial charge on any atom is -0.507 e. The summed E-state index contributed by atoms with van der Waals surface area (Å²) in [5.74, 6) is -0.275. The molecule has 2 aliphatic heterocycles. The molecule has 9 atom stereocenters. The summed E-state index contributed by atoms with van der Waals surface area (Å²) in [7, 11) is 0. The first-order chi connectivity index (χ1) is 15.7. The lowest BCUT2D eigenvalue weighted by Gasteiger charge is -2.41. The Kier molecular flexibility index (Phi) is 6.91. The molecule has 2 heterocycles. The maximum absolute atomic E-state index is 10.4. The minimum atomic E-state index is -1.70. The lowest BCUT2D eigenvalue weighted by atomic mass is 9.99. The highest BCUT2D eigenvalue weighted by molar-refractivity contribution is 5.97. The first kappa shape index (κ1) is 23.9. The summed E-state index contributed by atoms with van der Waals surface area (Å²) in [6, 6.07) is 7.11. The largest absolute Gasteiger partial charge is 0.507 e. The number of ether oxygens (including phenoxy) is 4. The van der Waals surface area contributed by atoms with Gasteiger partial charge < -0.3 is 59.8 Å². The molecule has 0 aliphatic carbocycles. The molecule has 0 spiro atoms. The fourth-order valence-electron chi connectivity index (χ4n) is 3.83. The van der Waals surface area contributed by atoms with Gasteiger partial charge in [-0.1, -0.05) is 12.1 Å². The van der Waals surface area contributed by atoms with Crippen molar-refractivity contribution in [1.29, 1.82) is 0 Å². The molecule has 2 fully saturated rings. The number of aliphatic hydroxyl groups is 6. The minimum absolute atomic E-state index is 0.0383. The van der Waals surface area contributed by atoms with Crippen LogP contribution in [-0.2, 0) is 14.2 Å². The summed E-state index contributed by atoms with van der Waals surface area (Å²) in [6.07, 6.45) is -13.4. The second-order valence-electron chi connectivity index (χ2n) is 8.00. The maximum atomic E-state index is 10.4. The number of hydrogen-bond donors (Lipinski definition) is 8. The molecular formula is C21H26O12. The fourth-order valence-corrected chi connectivity index (χ4v) is 3.83. The summed E-state index contributed by atoms with van der Waals surface area (Å²) in [5.41, 5.74) is 0. The van der Waals surface area contributed by atoms with Crippen molar-refractivity contribution in [1.82, 2.24) is 0 Å². The van der Waals surface area contributed by atoms with Crippen molar-refractivity contribution in [2.24, 2.45) is 0 Å². The number of phenolic OH excluding ortho intramolecular Hbond substituents is 2. The summed E-state index contributed by atoms with van der Waals surface area (Å²) >= 11 is 0. The smallest absolute Gasteiger partial charge is 0.229 e. The van der Waals surface area contributed by atoms with Crippen LogP contribution in [0.4, 0.5) is 0 Å². The van der Waals surface area contributed by atoms with Gasteiger partial charge in [0, 0.05) is 5.39 Å². The van der Waals surface area contributed by atoms with E-state index in [4.69, 9.17) is 18.9 Å². The van der Waals surface area contributed by atoms with E-state index in [1.54, 1.807) is 6.07 Å². The third-order valence-electron chi connectivity index (χ3n) is 5.75. The third kappa shape index (κ3) is 4.57. The molecule has 0 amide bonds. The van der Waals surface area contributed by atoms with E-state index in [9.17, 15) is 40.9 Å². The van der Waals surface area contributed by atoms with Crippen molar-refractivity contribution in [3.63, 3.8) is 0 Å². The molecule has 33 heavy (non-hydrogen) atoms. The highest BCUT2D eigenvalue weighted by atomic mass is 16.7. The number of benzene rings is 2. The van der Waals surface area contributed by atoms with Crippen LogP contribution in [0.2, 0.25) is 0 Å². The standard InChI is InChI=1S/C21H26O12/c22-9-4-5-12(14-8(9)2-1-3-10(14)23)32-21-19(29)17(27)16(26)13(33-21)7-31-20-18(28)15(25)11(24)6-30-20/h1-5,11,13,15-29H,6-7H2. The van der Waals surface area contributed by atoms with Crippen LogP contribution in [0, 0.1) is 0 Å². The molecule has 12 nitrogen and oxygen atoms in total. The molecule has 4 rings (SSSR count). The Balaban J connectivity index is 1.50. The highest BCUT2D eigenvalue weighted by Gasteiger charge is 2.46. The van der Waals surface area contributed by atoms with Gasteiger partial charge in [0.05, 0.1) is 18.6 Å². The van der Waals surface area contributed by atoms with E-state index in [0.717, 1.165) is 0 Å². The summed E-state index contributed by atoms with van der Waals surface area (Å²) in [6.45, 7) is -0.724. The Morgan fingerprint density at radius 3 is 2.27 bits per heavy atom. The van der Waals surface area contributed by atoms with E-state index >= 15 is 0 Å². The predicted molar refractivity (Wildman–Crippen MR) is 108 cm³/mol. The summed E-state index contributed by atoms with van der Waals surface area (Å²) in [5, 5.41) is 80.9. The van der Waals surface area contributed by atoms with Gasteiger partial charge in [-0.25, -0.2) is 0 Å². The van der Waals surface area contributed by atoms with Crippen LogP contribution in [0.3, 0.4) is 0 Å². The summed E-state index contributed by atoms with van der Waals surface area (Å²) in [4.78, 5) is 0. The quantitative estimate of drug-likeness (QED) is 0.237. The normalized spacial score (nSPS) is 37.2. The number of hydrogen-bond acceptors (Lipinski definition) is 12. The van der Waals surface area contributed by atoms with Gasteiger partial charge in [-0.3, -0.25) is 0 Å². The van der Waals surface area contributed by atoms with Crippen molar-refractivity contribution in [3.05, 3.63) is 30.3 Å². The van der Waals surface area contributed by atoms with Crippen LogP contribution in [0.5, 0.6) is 17.2 Å². The lowest BCUT2D eigenvalue weighted by molar-refractivity contribution is -0.307. The van der Waals surface area contributed by atoms with Gasteiger partial charge in [0.25, 0.3) is 0 Å². The second-order valence-corrected chi connectivity index (χ2v) is 8.00. The molecule has 8 N–H and O–H groups in total. The van der Waals surface area contributed by atoms with Crippen LogP contribution < -0.4 is 4.74 Å². The molecule has 0 radical (unpaired) electrons. The van der Waals surface area contributed by atoms with Crippen LogP contribution in [0.25, 0.3) is 10.8 Å². The van der Waals surface area contributed by atoms with Crippen LogP contribution in [0.15, 0.2) is 30.3 Å². The van der Waals surface area contributed by atoms with Gasteiger partial charge in [0.2, 0.25) is 6.29 Å². The molecule has 0 saturated carbocycles. The molecule has 12 heteroatoms. The number of phenols is 2. The van der Waals surface area contributed by atoms with Crippen molar-refractivity contribution >= 4 is 10.8 Å². The number of aliphatic hydroxyl groups excluding tert-OH is 6. The molecule has 182 valence electrons. The van der Waals surface area contributed by atoms with Crippen molar-refractivity contribution < 1.29 is 59.8 Å². The molecule has 2 aromatic rings. The Bertz CT molecular complexity index is 970. The first-order valence-corrected chi connectivity index (χ1v) is 10.3. The van der Waals surface area contributed by atoms with Gasteiger partial charge >= 0.3 is 0 Å². The molecule has 2 saturated heterocycles. The topological polar surface area (TPSA) is 199 Å². The molecule has 2 aromatic carbocycles. The van der Waals surface area contributed by atoms with Gasteiger partial charge in [0.15, 0.2) is 6.29 Å². The maximum Gasteiger partial charge on any atom is 0.229 e. The molecule has 0 aromatic heterocycles. The van der Waals surface area contributed by atoms with Crippen molar-refractivity contribution in [2.45, 2.75) is 55.3 Å². The van der Waals surface area contributed by atoms with E-state index in [2.05, 4.69) is 0 Å². The van der Waals surface area contributed by atoms with Gasteiger partial charge in [0.1, 0.15) is 60.0 Å². The highest BCUT2D eigenvalue weighted by Crippen LogP contribution is 2.39. The second kappa shape index (κ2) is 9.54. The Labute approximate surface area is 187 Å². The van der Waals surface area contributed by atoms with Crippen LogP contribution in [-0.4, -0.2) is 109 Å². The van der Waals surface area contributed by atoms with Gasteiger partial charge in [-0.2, -0.15) is 0 Å². The number of fused-ring (bicyclic) bond motifs is 1. The summed E-state index contributed by atoms with van der Waals surface area (Å²) < 4.78 is 21.8. The predicted octanol–water partition coefficient (Wildman–Crippen LogP) is -2.11. The molecule has 0 bridgehead atoms. The van der Waals surface area contributed by atoms with E-state index in [0.29, 0.717) is 0 Å². The zero-order chi connectivity index (χ0) is 23.9. The van der Waals surface area contributed by atoms with Crippen LogP contribution >= 0.6 is 0 Å². The Morgan fingerprint density at radius 2 is 1.52 bits per heavy atom. The average molecular weight is 470 g/mol.